The van der Waals surface area contributed by atoms with Gasteiger partial charge in [-0.15, -0.1) is 0 Å². The SMILES string of the molecule is COc1cc(-c2cnc3c(C(=O)Nc4ccccc4)c[nH]c3n2)cc(OC)c1OC. The van der Waals surface area contributed by atoms with E-state index in [1.54, 1.807) is 45.9 Å². The van der Waals surface area contributed by atoms with Crippen molar-refractivity contribution in [1.29, 1.82) is 0 Å². The van der Waals surface area contributed by atoms with Crippen LogP contribution in [0.2, 0.25) is 0 Å². The number of amides is 1. The zero-order valence-electron chi connectivity index (χ0n) is 16.7. The van der Waals surface area contributed by atoms with E-state index in [-0.39, 0.29) is 5.91 Å². The van der Waals surface area contributed by atoms with Crippen LogP contribution in [0.1, 0.15) is 10.4 Å². The summed E-state index contributed by atoms with van der Waals surface area (Å²) in [5.74, 6) is 1.27. The first-order chi connectivity index (χ1) is 14.6. The van der Waals surface area contributed by atoms with E-state index >= 15 is 0 Å². The van der Waals surface area contributed by atoms with E-state index in [0.29, 0.717) is 45.4 Å². The Balaban J connectivity index is 1.69. The molecule has 0 fully saturated rings. The molecule has 0 spiro atoms. The monoisotopic (exact) mass is 404 g/mol. The van der Waals surface area contributed by atoms with Gasteiger partial charge in [-0.3, -0.25) is 4.79 Å². The molecule has 2 aromatic carbocycles. The average Bonchev–Trinajstić information content (AvgIpc) is 3.22. The molecule has 4 aromatic rings. The molecular weight excluding hydrogens is 384 g/mol. The highest BCUT2D eigenvalue weighted by molar-refractivity contribution is 6.11. The van der Waals surface area contributed by atoms with E-state index in [0.717, 1.165) is 5.56 Å². The van der Waals surface area contributed by atoms with Gasteiger partial charge in [-0.25, -0.2) is 9.97 Å². The van der Waals surface area contributed by atoms with Crippen molar-refractivity contribution < 1.29 is 19.0 Å². The standard InChI is InChI=1S/C22H20N4O4/c1-28-17-9-13(10-18(29-2)20(17)30-3)16-12-23-19-15(11-24-21(19)26-16)22(27)25-14-7-5-4-6-8-14/h4-12H,1-3H3,(H,24,26)(H,25,27). The highest BCUT2D eigenvalue weighted by atomic mass is 16.5. The van der Waals surface area contributed by atoms with Crippen LogP contribution in [0.5, 0.6) is 17.2 Å². The van der Waals surface area contributed by atoms with Crippen LogP contribution in [-0.4, -0.2) is 42.2 Å². The molecule has 2 N–H and O–H groups in total. The fourth-order valence-electron chi connectivity index (χ4n) is 3.16. The molecule has 4 rings (SSSR count). The van der Waals surface area contributed by atoms with Crippen LogP contribution in [0, 0.1) is 0 Å². The van der Waals surface area contributed by atoms with Crippen LogP contribution in [-0.2, 0) is 0 Å². The summed E-state index contributed by atoms with van der Waals surface area (Å²) < 4.78 is 16.2. The lowest BCUT2D eigenvalue weighted by Gasteiger charge is -2.13. The summed E-state index contributed by atoms with van der Waals surface area (Å²) in [6.45, 7) is 0. The number of H-pyrrole nitrogens is 1. The molecule has 0 saturated carbocycles. The van der Waals surface area contributed by atoms with E-state index in [1.807, 2.05) is 30.3 Å². The number of ether oxygens (including phenoxy) is 3. The molecule has 0 radical (unpaired) electrons. The molecule has 2 aromatic heterocycles. The molecule has 152 valence electrons. The Bertz CT molecular complexity index is 1180. The number of carbonyl (C=O) groups is 1. The Morgan fingerprint density at radius 1 is 1.00 bits per heavy atom. The number of hydrogen-bond acceptors (Lipinski definition) is 6. The lowest BCUT2D eigenvalue weighted by molar-refractivity contribution is 0.102. The maximum absolute atomic E-state index is 12.6. The van der Waals surface area contributed by atoms with Gasteiger partial charge in [0, 0.05) is 17.4 Å². The second kappa shape index (κ2) is 8.12. The van der Waals surface area contributed by atoms with Gasteiger partial charge in [-0.2, -0.15) is 0 Å². The van der Waals surface area contributed by atoms with Gasteiger partial charge >= 0.3 is 0 Å². The molecule has 0 aliphatic heterocycles. The van der Waals surface area contributed by atoms with Crippen LogP contribution >= 0.6 is 0 Å². The lowest BCUT2D eigenvalue weighted by atomic mass is 10.1. The van der Waals surface area contributed by atoms with Crippen molar-refractivity contribution in [3.63, 3.8) is 0 Å². The fraction of sp³-hybridized carbons (Fsp3) is 0.136. The minimum absolute atomic E-state index is 0.262. The Labute approximate surface area is 172 Å². The molecule has 1 amide bonds. The molecule has 0 bridgehead atoms. The fourth-order valence-corrected chi connectivity index (χ4v) is 3.16. The summed E-state index contributed by atoms with van der Waals surface area (Å²) in [5, 5.41) is 2.85. The molecule has 2 heterocycles. The maximum Gasteiger partial charge on any atom is 0.259 e. The summed E-state index contributed by atoms with van der Waals surface area (Å²) in [4.78, 5) is 24.7. The van der Waals surface area contributed by atoms with Crippen LogP contribution in [0.3, 0.4) is 0 Å². The van der Waals surface area contributed by atoms with E-state index in [2.05, 4.69) is 20.3 Å². The molecule has 8 heteroatoms. The topological polar surface area (TPSA) is 98.4 Å². The molecule has 0 saturated heterocycles. The predicted molar refractivity (Wildman–Crippen MR) is 113 cm³/mol. The molecule has 0 unspecified atom stereocenters. The largest absolute Gasteiger partial charge is 0.493 e. The van der Waals surface area contributed by atoms with Gasteiger partial charge in [-0.1, -0.05) is 18.2 Å². The number of fused-ring (bicyclic) bond motifs is 1. The number of rotatable bonds is 6. The lowest BCUT2D eigenvalue weighted by Crippen LogP contribution is -2.11. The zero-order valence-corrected chi connectivity index (χ0v) is 16.7. The number of carbonyl (C=O) groups excluding carboxylic acids is 1. The molecule has 8 nitrogen and oxygen atoms in total. The Morgan fingerprint density at radius 2 is 1.70 bits per heavy atom. The number of aromatic nitrogens is 3. The highest BCUT2D eigenvalue weighted by Gasteiger charge is 2.18. The number of para-hydroxylation sites is 1. The van der Waals surface area contributed by atoms with E-state index in [1.165, 1.54) is 0 Å². The highest BCUT2D eigenvalue weighted by Crippen LogP contribution is 2.40. The Kier molecular flexibility index (Phi) is 5.21. The van der Waals surface area contributed by atoms with Crippen molar-refractivity contribution in [2.45, 2.75) is 0 Å². The van der Waals surface area contributed by atoms with Crippen LogP contribution in [0.25, 0.3) is 22.4 Å². The Morgan fingerprint density at radius 3 is 2.33 bits per heavy atom. The van der Waals surface area contributed by atoms with Gasteiger partial charge in [0.05, 0.1) is 38.8 Å². The van der Waals surface area contributed by atoms with Crippen molar-refractivity contribution in [2.75, 3.05) is 26.6 Å². The normalized spacial score (nSPS) is 10.6. The maximum atomic E-state index is 12.6. The predicted octanol–water partition coefficient (Wildman–Crippen LogP) is 3.90. The first kappa shape index (κ1) is 19.3. The number of aromatic amines is 1. The molecule has 0 atom stereocenters. The van der Waals surface area contributed by atoms with Gasteiger partial charge < -0.3 is 24.5 Å². The van der Waals surface area contributed by atoms with E-state index < -0.39 is 0 Å². The number of benzene rings is 2. The van der Waals surface area contributed by atoms with Crippen molar-refractivity contribution in [2.24, 2.45) is 0 Å². The number of nitrogens with zero attached hydrogens (tertiary/aromatic N) is 2. The van der Waals surface area contributed by atoms with Crippen molar-refractivity contribution in [3.05, 3.63) is 60.4 Å². The van der Waals surface area contributed by atoms with Crippen molar-refractivity contribution >= 4 is 22.8 Å². The summed E-state index contributed by atoms with van der Waals surface area (Å²) >= 11 is 0. The summed E-state index contributed by atoms with van der Waals surface area (Å²) in [6.07, 6.45) is 3.21. The molecule has 0 aliphatic carbocycles. The van der Waals surface area contributed by atoms with Gasteiger partial charge in [0.15, 0.2) is 17.1 Å². The van der Waals surface area contributed by atoms with Crippen molar-refractivity contribution in [1.82, 2.24) is 15.0 Å². The molecular formula is C22H20N4O4. The first-order valence-electron chi connectivity index (χ1n) is 9.15. The van der Waals surface area contributed by atoms with Gasteiger partial charge in [0.1, 0.15) is 5.52 Å². The van der Waals surface area contributed by atoms with E-state index in [9.17, 15) is 4.79 Å². The molecule has 0 aliphatic rings. The number of methoxy groups -OCH3 is 3. The third kappa shape index (κ3) is 3.50. The Hall–Kier alpha value is -4.07. The minimum Gasteiger partial charge on any atom is -0.493 e. The summed E-state index contributed by atoms with van der Waals surface area (Å²) in [7, 11) is 4.66. The summed E-state index contributed by atoms with van der Waals surface area (Å²) in [6, 6.07) is 12.8. The quantitative estimate of drug-likeness (QED) is 0.506. The third-order valence-electron chi connectivity index (χ3n) is 4.62. The molecule has 30 heavy (non-hydrogen) atoms. The summed E-state index contributed by atoms with van der Waals surface area (Å²) in [5.41, 5.74) is 3.44. The number of anilines is 1. The second-order valence-electron chi connectivity index (χ2n) is 6.39. The number of nitrogens with one attached hydrogen (secondary N) is 2. The average molecular weight is 404 g/mol. The minimum atomic E-state index is -0.262. The zero-order chi connectivity index (χ0) is 21.1. The van der Waals surface area contributed by atoms with E-state index in [4.69, 9.17) is 14.2 Å². The van der Waals surface area contributed by atoms with Crippen LogP contribution in [0.4, 0.5) is 5.69 Å². The first-order valence-corrected chi connectivity index (χ1v) is 9.15. The third-order valence-corrected chi connectivity index (χ3v) is 4.62. The van der Waals surface area contributed by atoms with Crippen LogP contribution in [0.15, 0.2) is 54.9 Å². The van der Waals surface area contributed by atoms with Crippen molar-refractivity contribution in [3.8, 4) is 28.5 Å². The van der Waals surface area contributed by atoms with Crippen LogP contribution < -0.4 is 19.5 Å². The second-order valence-corrected chi connectivity index (χ2v) is 6.39. The smallest absolute Gasteiger partial charge is 0.259 e. The van der Waals surface area contributed by atoms with Gasteiger partial charge in [-0.05, 0) is 24.3 Å². The number of hydrogen-bond donors (Lipinski definition) is 2. The van der Waals surface area contributed by atoms with Gasteiger partial charge in [0.2, 0.25) is 5.75 Å². The van der Waals surface area contributed by atoms with Gasteiger partial charge in [0.25, 0.3) is 5.91 Å².